The van der Waals surface area contributed by atoms with Crippen LogP contribution in [0.15, 0.2) is 30.6 Å². The lowest BCUT2D eigenvalue weighted by Gasteiger charge is -2.12. The molecule has 1 unspecified atom stereocenters. The lowest BCUT2D eigenvalue weighted by atomic mass is 9.94. The van der Waals surface area contributed by atoms with Crippen LogP contribution in [0.25, 0.3) is 0 Å². The molecule has 0 saturated heterocycles. The summed E-state index contributed by atoms with van der Waals surface area (Å²) in [6.07, 6.45) is 4.81. The highest BCUT2D eigenvalue weighted by Gasteiger charge is 2.16. The standard InChI is InChI=1S/C18H22N2O4/c1-3-24-17(21)5-4-13-8-14(11-16-19-6-7-20-16)10-15(9-13)12(2)18(22)23/h6-10,12H,3-5,11H2,1-2H3,(H,19,20)(H,22,23). The quantitative estimate of drug-likeness (QED) is 0.726. The van der Waals surface area contributed by atoms with Crippen LogP contribution in [0, 0.1) is 0 Å². The van der Waals surface area contributed by atoms with Crippen LogP contribution >= 0.6 is 0 Å². The van der Waals surface area contributed by atoms with E-state index in [1.807, 2.05) is 18.2 Å². The van der Waals surface area contributed by atoms with Crippen LogP contribution in [-0.4, -0.2) is 33.6 Å². The number of imidazole rings is 1. The Kier molecular flexibility index (Phi) is 6.12. The third-order valence-electron chi connectivity index (χ3n) is 3.79. The summed E-state index contributed by atoms with van der Waals surface area (Å²) >= 11 is 0. The second-order valence-electron chi connectivity index (χ2n) is 5.66. The predicted molar refractivity (Wildman–Crippen MR) is 88.8 cm³/mol. The predicted octanol–water partition coefficient (Wildman–Crippen LogP) is 2.68. The molecule has 2 aromatic rings. The Labute approximate surface area is 140 Å². The molecular formula is C18H22N2O4. The van der Waals surface area contributed by atoms with Gasteiger partial charge < -0.3 is 14.8 Å². The number of carbonyl (C=O) groups is 2. The van der Waals surface area contributed by atoms with Crippen LogP contribution < -0.4 is 0 Å². The van der Waals surface area contributed by atoms with Crippen molar-refractivity contribution in [3.8, 4) is 0 Å². The molecule has 0 radical (unpaired) electrons. The van der Waals surface area contributed by atoms with E-state index < -0.39 is 11.9 Å². The summed E-state index contributed by atoms with van der Waals surface area (Å²) < 4.78 is 4.95. The Morgan fingerprint density at radius 3 is 2.67 bits per heavy atom. The first-order valence-electron chi connectivity index (χ1n) is 7.99. The second-order valence-corrected chi connectivity index (χ2v) is 5.66. The Bertz CT molecular complexity index is 695. The van der Waals surface area contributed by atoms with Crippen LogP contribution in [-0.2, 0) is 27.2 Å². The van der Waals surface area contributed by atoms with Crippen LogP contribution in [0.2, 0.25) is 0 Å². The highest BCUT2D eigenvalue weighted by molar-refractivity contribution is 5.75. The minimum atomic E-state index is -0.874. The largest absolute Gasteiger partial charge is 0.481 e. The van der Waals surface area contributed by atoms with Crippen molar-refractivity contribution < 1.29 is 19.4 Å². The van der Waals surface area contributed by atoms with Crippen molar-refractivity contribution in [1.29, 1.82) is 0 Å². The number of carboxylic acids is 1. The number of aryl methyl sites for hydroxylation is 1. The molecule has 128 valence electrons. The lowest BCUT2D eigenvalue weighted by molar-refractivity contribution is -0.143. The van der Waals surface area contributed by atoms with Crippen LogP contribution in [0.3, 0.4) is 0 Å². The molecule has 0 aliphatic heterocycles. The fraction of sp³-hybridized carbons (Fsp3) is 0.389. The smallest absolute Gasteiger partial charge is 0.310 e. The molecule has 0 aliphatic carbocycles. The van der Waals surface area contributed by atoms with Gasteiger partial charge in [0.2, 0.25) is 0 Å². The molecule has 0 fully saturated rings. The van der Waals surface area contributed by atoms with Crippen molar-refractivity contribution >= 4 is 11.9 Å². The molecule has 1 aromatic carbocycles. The van der Waals surface area contributed by atoms with Crippen molar-refractivity contribution in [3.05, 3.63) is 53.1 Å². The van der Waals surface area contributed by atoms with Gasteiger partial charge in [0.1, 0.15) is 5.82 Å². The average Bonchev–Trinajstić information content (AvgIpc) is 3.05. The fourth-order valence-electron chi connectivity index (χ4n) is 2.50. The summed E-state index contributed by atoms with van der Waals surface area (Å²) in [5, 5.41) is 9.27. The molecule has 2 rings (SSSR count). The van der Waals surface area contributed by atoms with Gasteiger partial charge in [-0.15, -0.1) is 0 Å². The van der Waals surface area contributed by atoms with Gasteiger partial charge in [0, 0.05) is 25.2 Å². The maximum atomic E-state index is 11.6. The molecule has 6 heteroatoms. The number of benzene rings is 1. The lowest BCUT2D eigenvalue weighted by Crippen LogP contribution is -2.10. The third kappa shape index (κ3) is 4.94. The van der Waals surface area contributed by atoms with Gasteiger partial charge >= 0.3 is 11.9 Å². The molecule has 0 aliphatic rings. The number of H-pyrrole nitrogens is 1. The van der Waals surface area contributed by atoms with E-state index >= 15 is 0 Å². The van der Waals surface area contributed by atoms with E-state index in [2.05, 4.69) is 9.97 Å². The van der Waals surface area contributed by atoms with Gasteiger partial charge in [-0.05, 0) is 37.0 Å². The average molecular weight is 330 g/mol. The molecule has 1 heterocycles. The highest BCUT2D eigenvalue weighted by Crippen LogP contribution is 2.22. The van der Waals surface area contributed by atoms with E-state index in [-0.39, 0.29) is 12.4 Å². The molecule has 6 nitrogen and oxygen atoms in total. The van der Waals surface area contributed by atoms with E-state index in [1.165, 1.54) is 0 Å². The number of esters is 1. The van der Waals surface area contributed by atoms with Crippen molar-refractivity contribution in [3.63, 3.8) is 0 Å². The molecule has 2 N–H and O–H groups in total. The zero-order valence-electron chi connectivity index (χ0n) is 13.9. The second kappa shape index (κ2) is 8.29. The van der Waals surface area contributed by atoms with Crippen LogP contribution in [0.5, 0.6) is 0 Å². The Morgan fingerprint density at radius 2 is 2.04 bits per heavy atom. The van der Waals surface area contributed by atoms with Crippen molar-refractivity contribution in [2.45, 2.75) is 39.0 Å². The number of rotatable bonds is 8. The Balaban J connectivity index is 2.22. The van der Waals surface area contributed by atoms with Gasteiger partial charge in [0.15, 0.2) is 0 Å². The zero-order chi connectivity index (χ0) is 17.5. The van der Waals surface area contributed by atoms with Gasteiger partial charge in [0.25, 0.3) is 0 Å². The maximum Gasteiger partial charge on any atom is 0.310 e. The Hall–Kier alpha value is -2.63. The number of aromatic amines is 1. The SMILES string of the molecule is CCOC(=O)CCc1cc(Cc2ncc[nH]2)cc(C(C)C(=O)O)c1. The highest BCUT2D eigenvalue weighted by atomic mass is 16.5. The number of carbonyl (C=O) groups excluding carboxylic acids is 1. The Morgan fingerprint density at radius 1 is 1.29 bits per heavy atom. The number of aromatic nitrogens is 2. The number of hydrogen-bond donors (Lipinski definition) is 2. The topological polar surface area (TPSA) is 92.3 Å². The maximum absolute atomic E-state index is 11.6. The van der Waals surface area contributed by atoms with E-state index in [0.29, 0.717) is 19.4 Å². The normalized spacial score (nSPS) is 11.9. The number of ether oxygens (including phenoxy) is 1. The number of nitrogens with zero attached hydrogens (tertiary/aromatic N) is 1. The van der Waals surface area contributed by atoms with Crippen LogP contribution in [0.1, 0.15) is 48.7 Å². The molecule has 0 spiro atoms. The van der Waals surface area contributed by atoms with Crippen molar-refractivity contribution in [1.82, 2.24) is 9.97 Å². The molecule has 24 heavy (non-hydrogen) atoms. The van der Waals surface area contributed by atoms with Crippen molar-refractivity contribution in [2.24, 2.45) is 0 Å². The minimum Gasteiger partial charge on any atom is -0.481 e. The monoisotopic (exact) mass is 330 g/mol. The van der Waals surface area contributed by atoms with E-state index in [0.717, 1.165) is 22.5 Å². The zero-order valence-corrected chi connectivity index (χ0v) is 13.9. The molecule has 0 saturated carbocycles. The van der Waals surface area contributed by atoms with E-state index in [1.54, 1.807) is 26.2 Å². The van der Waals surface area contributed by atoms with Crippen LogP contribution in [0.4, 0.5) is 0 Å². The van der Waals surface area contributed by atoms with Crippen molar-refractivity contribution in [2.75, 3.05) is 6.61 Å². The summed E-state index contributed by atoms with van der Waals surface area (Å²) in [5.74, 6) is -0.919. The molecule has 1 atom stereocenters. The van der Waals surface area contributed by atoms with Gasteiger partial charge in [-0.3, -0.25) is 9.59 Å². The van der Waals surface area contributed by atoms with E-state index in [9.17, 15) is 14.7 Å². The van der Waals surface area contributed by atoms with E-state index in [4.69, 9.17) is 4.74 Å². The summed E-state index contributed by atoms with van der Waals surface area (Å²) in [4.78, 5) is 30.1. The number of carboxylic acid groups (broad SMARTS) is 1. The van der Waals surface area contributed by atoms with Gasteiger partial charge in [-0.1, -0.05) is 18.2 Å². The fourth-order valence-corrected chi connectivity index (χ4v) is 2.50. The van der Waals surface area contributed by atoms with Gasteiger partial charge in [-0.2, -0.15) is 0 Å². The molecule has 0 amide bonds. The number of aliphatic carboxylic acids is 1. The summed E-state index contributed by atoms with van der Waals surface area (Å²) in [6.45, 7) is 3.79. The summed E-state index contributed by atoms with van der Waals surface area (Å²) in [6, 6.07) is 5.72. The first-order valence-corrected chi connectivity index (χ1v) is 7.99. The third-order valence-corrected chi connectivity index (χ3v) is 3.79. The number of hydrogen-bond acceptors (Lipinski definition) is 4. The molecule has 1 aromatic heterocycles. The summed E-state index contributed by atoms with van der Waals surface area (Å²) in [5.41, 5.74) is 2.62. The van der Waals surface area contributed by atoms with Gasteiger partial charge in [0.05, 0.1) is 12.5 Å². The molecule has 0 bridgehead atoms. The first-order chi connectivity index (χ1) is 11.5. The first kappa shape index (κ1) is 17.7. The minimum absolute atomic E-state index is 0.248. The van der Waals surface area contributed by atoms with Gasteiger partial charge in [-0.25, -0.2) is 4.98 Å². The molecular weight excluding hydrogens is 308 g/mol. The number of nitrogens with one attached hydrogen (secondary N) is 1. The summed E-state index contributed by atoms with van der Waals surface area (Å²) in [7, 11) is 0.